The van der Waals surface area contributed by atoms with Crippen LogP contribution in [0, 0.1) is 11.3 Å². The first kappa shape index (κ1) is 26.9. The number of hydrogen-bond donors (Lipinski definition) is 0. The topological polar surface area (TPSA) is 101 Å². The molecule has 0 bridgehead atoms. The van der Waals surface area contributed by atoms with Crippen molar-refractivity contribution in [2.45, 2.75) is 31.8 Å². The highest BCUT2D eigenvalue weighted by Gasteiger charge is 2.32. The first-order valence-corrected chi connectivity index (χ1v) is 12.5. The lowest BCUT2D eigenvalue weighted by molar-refractivity contribution is -0.133. The molecule has 1 saturated heterocycles. The molecule has 1 unspecified atom stereocenters. The summed E-state index contributed by atoms with van der Waals surface area (Å²) in [5, 5.41) is 9.45. The van der Waals surface area contributed by atoms with Crippen molar-refractivity contribution in [2.24, 2.45) is 0 Å². The highest BCUT2D eigenvalue weighted by molar-refractivity contribution is 5.81. The van der Waals surface area contributed by atoms with Crippen LogP contribution in [0.3, 0.4) is 0 Å². The summed E-state index contributed by atoms with van der Waals surface area (Å²) >= 11 is 0. The van der Waals surface area contributed by atoms with Gasteiger partial charge >= 0.3 is 0 Å². The third-order valence-electron chi connectivity index (χ3n) is 6.76. The number of carbonyl (C=O) groups excluding carboxylic acids is 1. The number of likely N-dealkylation sites (N-methyl/N-ethyl adjacent to an activating group) is 1. The highest BCUT2D eigenvalue weighted by Crippen LogP contribution is 2.35. The molecule has 0 N–H and O–H groups in total. The Hall–Kier alpha value is -4.16. The number of hydrogen-bond acceptors (Lipinski definition) is 8. The van der Waals surface area contributed by atoms with Crippen LogP contribution in [0.5, 0.6) is 17.2 Å². The van der Waals surface area contributed by atoms with Crippen LogP contribution in [0.1, 0.15) is 35.4 Å². The Morgan fingerprint density at radius 2 is 1.89 bits per heavy atom. The summed E-state index contributed by atoms with van der Waals surface area (Å²) in [7, 11) is 8.38. The van der Waals surface area contributed by atoms with E-state index in [2.05, 4.69) is 22.0 Å². The van der Waals surface area contributed by atoms with Crippen LogP contribution in [-0.2, 0) is 17.8 Å². The van der Waals surface area contributed by atoms with Crippen molar-refractivity contribution in [2.75, 3.05) is 42.0 Å². The number of benzene rings is 2. The van der Waals surface area contributed by atoms with E-state index in [1.54, 1.807) is 58.7 Å². The second-order valence-electron chi connectivity index (χ2n) is 9.41. The molecule has 0 saturated carbocycles. The van der Waals surface area contributed by atoms with Gasteiger partial charge in [-0.2, -0.15) is 5.26 Å². The average Bonchev–Trinajstić information content (AvgIpc) is 3.39. The van der Waals surface area contributed by atoms with Gasteiger partial charge in [0.05, 0.1) is 38.6 Å². The van der Waals surface area contributed by atoms with E-state index in [-0.39, 0.29) is 11.9 Å². The monoisotopic (exact) mass is 515 g/mol. The van der Waals surface area contributed by atoms with Crippen LogP contribution in [0.2, 0.25) is 0 Å². The molecule has 1 amide bonds. The zero-order valence-electron chi connectivity index (χ0n) is 22.5. The molecular formula is C29H33N5O4. The summed E-state index contributed by atoms with van der Waals surface area (Å²) in [6.07, 6.45) is 4.01. The normalized spacial score (nSPS) is 15.1. The molecule has 1 aliphatic rings. The zero-order chi connectivity index (χ0) is 27.2. The summed E-state index contributed by atoms with van der Waals surface area (Å²) < 4.78 is 16.7. The van der Waals surface area contributed by atoms with Crippen LogP contribution < -0.4 is 14.2 Å². The van der Waals surface area contributed by atoms with E-state index in [0.717, 1.165) is 41.8 Å². The Morgan fingerprint density at radius 3 is 2.58 bits per heavy atom. The number of likely N-dealkylation sites (tertiary alicyclic amines) is 1. The number of nitriles is 1. The van der Waals surface area contributed by atoms with E-state index in [1.807, 2.05) is 18.2 Å². The number of ether oxygens (including phenoxy) is 3. The number of nitrogens with zero attached hydrogens (tertiary/aromatic N) is 5. The second kappa shape index (κ2) is 11.9. The SMILES string of the molecule is COc1ccc(-c2ccnc(Cc3cc(CN4CCCC4C(=O)N(C)C)c(OC)c(OC)c3)n2)cc1C#N. The molecule has 1 fully saturated rings. The van der Waals surface area contributed by atoms with Gasteiger partial charge in [0.15, 0.2) is 11.5 Å². The lowest BCUT2D eigenvalue weighted by Crippen LogP contribution is -2.42. The van der Waals surface area contributed by atoms with Crippen LogP contribution in [0.15, 0.2) is 42.6 Å². The predicted molar refractivity (Wildman–Crippen MR) is 143 cm³/mol. The molecule has 1 atom stereocenters. The standard InChI is InChI=1S/C29H33N5O4/c1-33(2)29(35)24-7-6-12-34(24)18-22-13-19(14-26(37-4)28(22)38-5)15-27-31-11-10-23(32-27)20-8-9-25(36-3)21(16-20)17-30/h8-11,13-14,16,24H,6-7,12,15,18H2,1-5H3. The summed E-state index contributed by atoms with van der Waals surface area (Å²) in [6, 6.07) is 13.3. The van der Waals surface area contributed by atoms with Gasteiger partial charge in [0.2, 0.25) is 5.91 Å². The van der Waals surface area contributed by atoms with Gasteiger partial charge in [0.1, 0.15) is 17.6 Å². The van der Waals surface area contributed by atoms with Crippen molar-refractivity contribution in [1.29, 1.82) is 5.26 Å². The van der Waals surface area contributed by atoms with E-state index in [4.69, 9.17) is 19.2 Å². The predicted octanol–water partition coefficient (Wildman–Crippen LogP) is 3.68. The minimum Gasteiger partial charge on any atom is -0.495 e. The number of rotatable bonds is 9. The van der Waals surface area contributed by atoms with Gasteiger partial charge in [-0.3, -0.25) is 9.69 Å². The third kappa shape index (κ3) is 5.71. The lowest BCUT2D eigenvalue weighted by atomic mass is 10.0. The number of aromatic nitrogens is 2. The maximum Gasteiger partial charge on any atom is 0.239 e. The van der Waals surface area contributed by atoms with Crippen molar-refractivity contribution in [3.8, 4) is 34.6 Å². The maximum absolute atomic E-state index is 12.7. The van der Waals surface area contributed by atoms with Gasteiger partial charge in [-0.1, -0.05) is 6.07 Å². The Balaban J connectivity index is 1.63. The summed E-state index contributed by atoms with van der Waals surface area (Å²) in [6.45, 7) is 1.42. The van der Waals surface area contributed by atoms with Crippen molar-refractivity contribution < 1.29 is 19.0 Å². The summed E-state index contributed by atoms with van der Waals surface area (Å²) in [5.74, 6) is 2.57. The van der Waals surface area contributed by atoms with Crippen LogP contribution >= 0.6 is 0 Å². The van der Waals surface area contributed by atoms with Gasteiger partial charge in [-0.15, -0.1) is 0 Å². The van der Waals surface area contributed by atoms with E-state index in [0.29, 0.717) is 41.6 Å². The molecule has 9 nitrogen and oxygen atoms in total. The molecule has 3 aromatic rings. The zero-order valence-corrected chi connectivity index (χ0v) is 22.5. The summed E-state index contributed by atoms with van der Waals surface area (Å²) in [5.41, 5.74) is 3.89. The van der Waals surface area contributed by atoms with E-state index in [1.165, 1.54) is 0 Å². The molecule has 2 aromatic carbocycles. The molecule has 9 heteroatoms. The molecule has 1 aromatic heterocycles. The quantitative estimate of drug-likeness (QED) is 0.425. The average molecular weight is 516 g/mol. The second-order valence-corrected chi connectivity index (χ2v) is 9.41. The van der Waals surface area contributed by atoms with Gasteiger partial charge in [0, 0.05) is 44.4 Å². The minimum atomic E-state index is -0.146. The van der Waals surface area contributed by atoms with E-state index in [9.17, 15) is 10.1 Å². The van der Waals surface area contributed by atoms with Crippen LogP contribution in [-0.4, -0.2) is 73.7 Å². The molecule has 0 aliphatic carbocycles. The van der Waals surface area contributed by atoms with Crippen molar-refractivity contribution >= 4 is 5.91 Å². The third-order valence-corrected chi connectivity index (χ3v) is 6.76. The molecule has 198 valence electrons. The molecule has 4 rings (SSSR count). The van der Waals surface area contributed by atoms with E-state index >= 15 is 0 Å². The fourth-order valence-electron chi connectivity index (χ4n) is 4.92. The molecule has 38 heavy (non-hydrogen) atoms. The Morgan fingerprint density at radius 1 is 1.11 bits per heavy atom. The maximum atomic E-state index is 12.7. The smallest absolute Gasteiger partial charge is 0.239 e. The fourth-order valence-corrected chi connectivity index (χ4v) is 4.92. The molecule has 2 heterocycles. The number of carbonyl (C=O) groups is 1. The Kier molecular flexibility index (Phi) is 8.44. The van der Waals surface area contributed by atoms with Crippen LogP contribution in [0.4, 0.5) is 0 Å². The first-order chi connectivity index (χ1) is 18.4. The van der Waals surface area contributed by atoms with Gasteiger partial charge < -0.3 is 19.1 Å². The first-order valence-electron chi connectivity index (χ1n) is 12.5. The fraction of sp³-hybridized carbons (Fsp3) is 0.379. The van der Waals surface area contributed by atoms with Crippen molar-refractivity contribution in [3.63, 3.8) is 0 Å². The molecule has 1 aliphatic heterocycles. The van der Waals surface area contributed by atoms with Crippen LogP contribution in [0.25, 0.3) is 11.3 Å². The van der Waals surface area contributed by atoms with Crippen molar-refractivity contribution in [3.05, 3.63) is 65.1 Å². The van der Waals surface area contributed by atoms with Gasteiger partial charge in [-0.25, -0.2) is 9.97 Å². The van der Waals surface area contributed by atoms with Gasteiger partial charge in [0.25, 0.3) is 0 Å². The van der Waals surface area contributed by atoms with Crippen molar-refractivity contribution in [1.82, 2.24) is 19.8 Å². The largest absolute Gasteiger partial charge is 0.495 e. The Bertz CT molecular complexity index is 1350. The van der Waals surface area contributed by atoms with Gasteiger partial charge in [-0.05, 0) is 55.3 Å². The number of methoxy groups -OCH3 is 3. The molecular weight excluding hydrogens is 482 g/mol. The molecule has 0 radical (unpaired) electrons. The van der Waals surface area contributed by atoms with E-state index < -0.39 is 0 Å². The summed E-state index contributed by atoms with van der Waals surface area (Å²) in [4.78, 5) is 25.9. The molecule has 0 spiro atoms. The minimum absolute atomic E-state index is 0.118. The Labute approximate surface area is 223 Å². The lowest BCUT2D eigenvalue weighted by Gasteiger charge is -2.27. The number of amides is 1. The highest BCUT2D eigenvalue weighted by atomic mass is 16.5.